The molecular formula is C17H18FNO4. The second kappa shape index (κ2) is 6.14. The number of rotatable bonds is 3. The molecule has 0 saturated carbocycles. The maximum atomic E-state index is 13.1. The number of aryl methyl sites for hydroxylation is 1. The molecule has 5 nitrogen and oxygen atoms in total. The van der Waals surface area contributed by atoms with Crippen LogP contribution < -0.4 is 0 Å². The molecule has 2 N–H and O–H groups in total. The Morgan fingerprint density at radius 3 is 2.70 bits per heavy atom. The van der Waals surface area contributed by atoms with Crippen molar-refractivity contribution in [3.8, 4) is 0 Å². The average Bonchev–Trinajstić information content (AvgIpc) is 3.10. The van der Waals surface area contributed by atoms with Crippen molar-refractivity contribution < 1.29 is 23.8 Å². The van der Waals surface area contributed by atoms with Crippen molar-refractivity contribution in [2.24, 2.45) is 0 Å². The molecule has 1 saturated heterocycles. The molecule has 0 aliphatic carbocycles. The smallest absolute Gasteiger partial charge is 0.290 e. The van der Waals surface area contributed by atoms with Crippen LogP contribution in [0, 0.1) is 12.7 Å². The van der Waals surface area contributed by atoms with Gasteiger partial charge < -0.3 is 19.5 Å². The van der Waals surface area contributed by atoms with E-state index in [1.54, 1.807) is 25.1 Å². The fourth-order valence-corrected chi connectivity index (χ4v) is 3.01. The maximum Gasteiger partial charge on any atom is 0.290 e. The normalized spacial score (nSPS) is 21.0. The SMILES string of the molecule is Cc1cc(CO)oc1C(=O)N1C[C@@H](O)C[C@H]1c1ccc(F)cc1. The Bertz CT molecular complexity index is 710. The van der Waals surface area contributed by atoms with Crippen LogP contribution in [0.5, 0.6) is 0 Å². The van der Waals surface area contributed by atoms with Crippen LogP contribution in [0.1, 0.15) is 39.9 Å². The highest BCUT2D eigenvalue weighted by Gasteiger charge is 2.37. The fraction of sp³-hybridized carbons (Fsp3) is 0.353. The number of furan rings is 1. The first-order valence-corrected chi connectivity index (χ1v) is 7.44. The zero-order chi connectivity index (χ0) is 16.6. The van der Waals surface area contributed by atoms with Gasteiger partial charge in [-0.25, -0.2) is 4.39 Å². The van der Waals surface area contributed by atoms with Gasteiger partial charge in [-0.1, -0.05) is 12.1 Å². The number of benzene rings is 1. The van der Waals surface area contributed by atoms with E-state index in [9.17, 15) is 14.3 Å². The molecule has 1 fully saturated rings. The lowest BCUT2D eigenvalue weighted by molar-refractivity contribution is 0.0678. The summed E-state index contributed by atoms with van der Waals surface area (Å²) >= 11 is 0. The highest BCUT2D eigenvalue weighted by atomic mass is 19.1. The summed E-state index contributed by atoms with van der Waals surface area (Å²) in [5, 5.41) is 19.1. The van der Waals surface area contributed by atoms with Crippen molar-refractivity contribution >= 4 is 5.91 Å². The molecule has 1 aliphatic rings. The van der Waals surface area contributed by atoms with Crippen molar-refractivity contribution in [3.63, 3.8) is 0 Å². The molecular weight excluding hydrogens is 301 g/mol. The molecule has 1 aliphatic heterocycles. The molecule has 23 heavy (non-hydrogen) atoms. The summed E-state index contributed by atoms with van der Waals surface area (Å²) in [6.07, 6.45) is -0.245. The Hall–Kier alpha value is -2.18. The monoisotopic (exact) mass is 319 g/mol. The van der Waals surface area contributed by atoms with Crippen LogP contribution in [-0.2, 0) is 6.61 Å². The third-order valence-electron chi connectivity index (χ3n) is 4.11. The number of carbonyl (C=O) groups is 1. The predicted octanol–water partition coefficient (Wildman–Crippen LogP) is 2.17. The summed E-state index contributed by atoms with van der Waals surface area (Å²) in [4.78, 5) is 14.3. The van der Waals surface area contributed by atoms with Crippen LogP contribution in [0.2, 0.25) is 0 Å². The summed E-state index contributed by atoms with van der Waals surface area (Å²) < 4.78 is 18.5. The molecule has 1 aromatic heterocycles. The predicted molar refractivity (Wildman–Crippen MR) is 80.2 cm³/mol. The number of amides is 1. The summed E-state index contributed by atoms with van der Waals surface area (Å²) in [5.41, 5.74) is 1.40. The number of aliphatic hydroxyl groups excluding tert-OH is 2. The Kier molecular flexibility index (Phi) is 4.19. The minimum absolute atomic E-state index is 0.162. The number of nitrogens with zero attached hydrogens (tertiary/aromatic N) is 1. The zero-order valence-electron chi connectivity index (χ0n) is 12.7. The van der Waals surface area contributed by atoms with E-state index in [4.69, 9.17) is 9.52 Å². The van der Waals surface area contributed by atoms with E-state index in [-0.39, 0.29) is 36.7 Å². The van der Waals surface area contributed by atoms with Gasteiger partial charge in [0.15, 0.2) is 5.76 Å². The van der Waals surface area contributed by atoms with Crippen LogP contribution in [0.25, 0.3) is 0 Å². The van der Waals surface area contributed by atoms with Crippen LogP contribution in [-0.4, -0.2) is 33.7 Å². The van der Waals surface area contributed by atoms with Crippen molar-refractivity contribution in [2.75, 3.05) is 6.54 Å². The molecule has 0 unspecified atom stereocenters. The summed E-state index contributed by atoms with van der Waals surface area (Å²) in [6.45, 7) is 1.64. The molecule has 1 aromatic carbocycles. The average molecular weight is 319 g/mol. The molecule has 0 bridgehead atoms. The highest BCUT2D eigenvalue weighted by molar-refractivity contribution is 5.93. The van der Waals surface area contributed by atoms with Crippen molar-refractivity contribution in [3.05, 3.63) is 58.8 Å². The largest absolute Gasteiger partial charge is 0.453 e. The molecule has 6 heteroatoms. The Labute approximate surface area is 133 Å². The second-order valence-electron chi connectivity index (χ2n) is 5.80. The van der Waals surface area contributed by atoms with Crippen molar-refractivity contribution in [1.29, 1.82) is 0 Å². The standard InChI is InChI=1S/C17H18FNO4/c1-10-6-14(9-20)23-16(10)17(22)19-8-13(21)7-15(19)11-2-4-12(18)5-3-11/h2-6,13,15,20-21H,7-9H2,1H3/t13-,15-/m0/s1. The molecule has 3 rings (SSSR count). The van der Waals surface area contributed by atoms with Gasteiger partial charge in [0.25, 0.3) is 5.91 Å². The first kappa shape index (κ1) is 15.7. The third-order valence-corrected chi connectivity index (χ3v) is 4.11. The Morgan fingerprint density at radius 1 is 1.39 bits per heavy atom. The van der Waals surface area contributed by atoms with Crippen molar-refractivity contribution in [1.82, 2.24) is 4.90 Å². The minimum atomic E-state index is -0.637. The zero-order valence-corrected chi connectivity index (χ0v) is 12.7. The first-order valence-electron chi connectivity index (χ1n) is 7.44. The Morgan fingerprint density at radius 2 is 2.09 bits per heavy atom. The van der Waals surface area contributed by atoms with Gasteiger partial charge in [0.05, 0.1) is 12.1 Å². The molecule has 122 valence electrons. The first-order chi connectivity index (χ1) is 11.0. The van der Waals surface area contributed by atoms with Crippen LogP contribution >= 0.6 is 0 Å². The number of halogens is 1. The van der Waals surface area contributed by atoms with Gasteiger partial charge in [0.1, 0.15) is 18.2 Å². The van der Waals surface area contributed by atoms with Gasteiger partial charge in [0.2, 0.25) is 0 Å². The van der Waals surface area contributed by atoms with Crippen LogP contribution in [0.15, 0.2) is 34.7 Å². The number of aliphatic hydroxyl groups is 2. The van der Waals surface area contributed by atoms with E-state index < -0.39 is 6.10 Å². The lowest BCUT2D eigenvalue weighted by Crippen LogP contribution is -2.32. The summed E-state index contributed by atoms with van der Waals surface area (Å²) in [6, 6.07) is 7.20. The Balaban J connectivity index is 1.91. The molecule has 2 aromatic rings. The fourth-order valence-electron chi connectivity index (χ4n) is 3.01. The van der Waals surface area contributed by atoms with Crippen molar-refractivity contribution in [2.45, 2.75) is 32.1 Å². The maximum absolute atomic E-state index is 13.1. The quantitative estimate of drug-likeness (QED) is 0.909. The summed E-state index contributed by atoms with van der Waals surface area (Å²) in [7, 11) is 0. The van der Waals surface area contributed by atoms with E-state index in [0.717, 1.165) is 5.56 Å². The number of β-amino-alcohol motifs (C(OH)–C–C–N with tert-alkyl or cyclic N) is 1. The van der Waals surface area contributed by atoms with Gasteiger partial charge in [-0.05, 0) is 37.1 Å². The van der Waals surface area contributed by atoms with Gasteiger partial charge in [0, 0.05) is 12.1 Å². The number of carbonyl (C=O) groups excluding carboxylic acids is 1. The third kappa shape index (κ3) is 3.00. The van der Waals surface area contributed by atoms with E-state index in [2.05, 4.69) is 0 Å². The van der Waals surface area contributed by atoms with Crippen LogP contribution in [0.4, 0.5) is 4.39 Å². The second-order valence-corrected chi connectivity index (χ2v) is 5.80. The van der Waals surface area contributed by atoms with E-state index in [1.807, 2.05) is 0 Å². The highest BCUT2D eigenvalue weighted by Crippen LogP contribution is 2.34. The van der Waals surface area contributed by atoms with Gasteiger partial charge in [-0.15, -0.1) is 0 Å². The van der Waals surface area contributed by atoms with E-state index in [0.29, 0.717) is 17.7 Å². The van der Waals surface area contributed by atoms with Gasteiger partial charge in [-0.2, -0.15) is 0 Å². The topological polar surface area (TPSA) is 73.9 Å². The molecule has 1 amide bonds. The number of hydrogen-bond acceptors (Lipinski definition) is 4. The lowest BCUT2D eigenvalue weighted by Gasteiger charge is -2.24. The van der Waals surface area contributed by atoms with Gasteiger partial charge >= 0.3 is 0 Å². The number of hydrogen-bond donors (Lipinski definition) is 2. The summed E-state index contributed by atoms with van der Waals surface area (Å²) in [5.74, 6) is -0.202. The van der Waals surface area contributed by atoms with Crippen LogP contribution in [0.3, 0.4) is 0 Å². The lowest BCUT2D eigenvalue weighted by atomic mass is 10.0. The molecule has 0 radical (unpaired) electrons. The molecule has 0 spiro atoms. The molecule has 2 heterocycles. The molecule has 2 atom stereocenters. The van der Waals surface area contributed by atoms with Gasteiger partial charge in [-0.3, -0.25) is 4.79 Å². The van der Waals surface area contributed by atoms with E-state index >= 15 is 0 Å². The van der Waals surface area contributed by atoms with E-state index in [1.165, 1.54) is 17.0 Å². The number of likely N-dealkylation sites (tertiary alicyclic amines) is 1. The minimum Gasteiger partial charge on any atom is -0.453 e.